The number of methoxy groups -OCH3 is 1. The Balaban J connectivity index is 1.47. The third-order valence-corrected chi connectivity index (χ3v) is 7.65. The maximum Gasteiger partial charge on any atom is 0.191 e. The van der Waals surface area contributed by atoms with Crippen molar-refractivity contribution in [1.29, 1.82) is 0 Å². The first-order valence-corrected chi connectivity index (χ1v) is 15.0. The summed E-state index contributed by atoms with van der Waals surface area (Å²) in [4.78, 5) is 14.7. The van der Waals surface area contributed by atoms with E-state index in [4.69, 9.17) is 40.1 Å². The summed E-state index contributed by atoms with van der Waals surface area (Å²) in [5.41, 5.74) is 14.7. The maximum atomic E-state index is 5.97. The summed E-state index contributed by atoms with van der Waals surface area (Å²) in [6, 6.07) is 17.6. The second-order valence-corrected chi connectivity index (χ2v) is 10.6. The number of ether oxygens (including phenoxy) is 5. The van der Waals surface area contributed by atoms with Gasteiger partial charge in [-0.15, -0.1) is 11.3 Å². The molecule has 41 heavy (non-hydrogen) atoms. The molecule has 0 saturated heterocycles. The van der Waals surface area contributed by atoms with E-state index in [-0.39, 0.29) is 0 Å². The van der Waals surface area contributed by atoms with E-state index in [1.165, 1.54) is 17.8 Å². The Morgan fingerprint density at radius 1 is 0.756 bits per heavy atom. The quantitative estimate of drug-likeness (QED) is 0.0946. The largest absolute Gasteiger partial charge is 0.490 e. The highest BCUT2D eigenvalue weighted by Crippen LogP contribution is 2.40. The Labute approximate surface area is 248 Å². The number of thioether (sulfide) groups is 1. The van der Waals surface area contributed by atoms with Crippen molar-refractivity contribution in [2.24, 2.45) is 0 Å². The van der Waals surface area contributed by atoms with E-state index in [0.717, 1.165) is 26.7 Å². The fourth-order valence-electron chi connectivity index (χ4n) is 3.75. The number of rotatable bonds is 17. The van der Waals surface area contributed by atoms with Crippen LogP contribution in [0.15, 0.2) is 59.8 Å². The fraction of sp³-hybridized carbons (Fsp3) is 0.345. The van der Waals surface area contributed by atoms with Crippen molar-refractivity contribution in [2.75, 3.05) is 64.8 Å². The maximum absolute atomic E-state index is 5.97. The Bertz CT molecular complexity index is 1350. The van der Waals surface area contributed by atoms with Crippen LogP contribution in [0.1, 0.15) is 12.6 Å². The van der Waals surface area contributed by atoms with Gasteiger partial charge in [0.05, 0.1) is 50.2 Å². The molecule has 10 nitrogen and oxygen atoms in total. The van der Waals surface area contributed by atoms with Gasteiger partial charge in [0.25, 0.3) is 0 Å². The van der Waals surface area contributed by atoms with Gasteiger partial charge in [-0.3, -0.25) is 0 Å². The number of hydrogen-bond donors (Lipinski definition) is 2. The number of hydrogen-bond acceptors (Lipinski definition) is 12. The predicted molar refractivity (Wildman–Crippen MR) is 164 cm³/mol. The molecule has 2 heterocycles. The number of aromatic nitrogens is 3. The van der Waals surface area contributed by atoms with Crippen LogP contribution in [-0.4, -0.2) is 68.3 Å². The average molecular weight is 598 g/mol. The van der Waals surface area contributed by atoms with E-state index in [0.29, 0.717) is 80.3 Å². The molecule has 0 fully saturated rings. The highest BCUT2D eigenvalue weighted by Gasteiger charge is 2.17. The third-order valence-electron chi connectivity index (χ3n) is 5.60. The number of nitrogen functional groups attached to an aromatic ring is 2. The smallest absolute Gasteiger partial charge is 0.191 e. The molecule has 4 rings (SSSR count). The van der Waals surface area contributed by atoms with Gasteiger partial charge in [-0.1, -0.05) is 42.1 Å². The first kappa shape index (κ1) is 30.5. The van der Waals surface area contributed by atoms with E-state index >= 15 is 0 Å². The molecular weight excluding hydrogens is 562 g/mol. The molecule has 0 atom stereocenters. The van der Waals surface area contributed by atoms with Crippen LogP contribution in [0.3, 0.4) is 0 Å². The van der Waals surface area contributed by atoms with Gasteiger partial charge in [0, 0.05) is 24.5 Å². The van der Waals surface area contributed by atoms with Crippen LogP contribution in [0.4, 0.5) is 11.6 Å². The summed E-state index contributed by atoms with van der Waals surface area (Å²) in [6.07, 6.45) is 0. The number of anilines is 2. The Hall–Kier alpha value is -3.42. The molecule has 0 radical (unpaired) electrons. The van der Waals surface area contributed by atoms with Crippen LogP contribution in [0, 0.1) is 0 Å². The molecule has 12 heteroatoms. The van der Waals surface area contributed by atoms with Crippen molar-refractivity contribution >= 4 is 34.7 Å². The van der Waals surface area contributed by atoms with Crippen LogP contribution in [0.2, 0.25) is 0 Å². The van der Waals surface area contributed by atoms with Gasteiger partial charge < -0.3 is 35.2 Å². The summed E-state index contributed by atoms with van der Waals surface area (Å²) in [5, 5.41) is 1.38. The summed E-state index contributed by atoms with van der Waals surface area (Å²) in [5.74, 6) is 2.55. The Kier molecular flexibility index (Phi) is 12.0. The first-order chi connectivity index (χ1) is 20.1. The standard InChI is InChI=1S/C29H35N5O5S2/c1-3-38-24-17-21(9-10-23(24)39-16-15-37-14-13-36-12-11-35-2)28-32-22(27(41-28)20-7-5-4-6-8-20)19-40-29-33-25(30)18-26(31)34-29/h4-10,17-18H,3,11-16,19H2,1-2H3,(H4,30,31,33,34). The SMILES string of the molecule is CCOc1cc(-c2nc(CSc3nc(N)cc(N)n3)c(-c3ccccc3)s2)ccc1OCCOCCOCCOC. The molecule has 0 aliphatic heterocycles. The lowest BCUT2D eigenvalue weighted by Crippen LogP contribution is -2.12. The van der Waals surface area contributed by atoms with E-state index in [9.17, 15) is 0 Å². The number of benzene rings is 2. The monoisotopic (exact) mass is 597 g/mol. The van der Waals surface area contributed by atoms with Crippen molar-refractivity contribution in [3.63, 3.8) is 0 Å². The molecule has 0 saturated carbocycles. The van der Waals surface area contributed by atoms with E-state index in [1.54, 1.807) is 18.4 Å². The minimum atomic E-state index is 0.339. The zero-order chi connectivity index (χ0) is 28.9. The van der Waals surface area contributed by atoms with Gasteiger partial charge in [0.15, 0.2) is 16.7 Å². The van der Waals surface area contributed by atoms with Crippen LogP contribution in [-0.2, 0) is 20.0 Å². The van der Waals surface area contributed by atoms with E-state index in [1.807, 2.05) is 43.3 Å². The summed E-state index contributed by atoms with van der Waals surface area (Å²) >= 11 is 3.07. The fourth-order valence-corrected chi connectivity index (χ4v) is 5.74. The molecule has 0 aliphatic carbocycles. The van der Waals surface area contributed by atoms with E-state index < -0.39 is 0 Å². The lowest BCUT2D eigenvalue weighted by Gasteiger charge is -2.13. The lowest BCUT2D eigenvalue weighted by atomic mass is 10.1. The number of nitrogens with zero attached hydrogens (tertiary/aromatic N) is 3. The second-order valence-electron chi connectivity index (χ2n) is 8.61. The van der Waals surface area contributed by atoms with Crippen LogP contribution in [0.5, 0.6) is 11.5 Å². The molecule has 0 bridgehead atoms. The minimum absolute atomic E-state index is 0.339. The van der Waals surface area contributed by atoms with Crippen LogP contribution >= 0.6 is 23.1 Å². The Morgan fingerprint density at radius 2 is 1.46 bits per heavy atom. The molecular formula is C29H35N5O5S2. The van der Waals surface area contributed by atoms with Crippen molar-refractivity contribution in [1.82, 2.24) is 15.0 Å². The molecule has 0 spiro atoms. The van der Waals surface area contributed by atoms with Gasteiger partial charge in [-0.05, 0) is 30.7 Å². The predicted octanol–water partition coefficient (Wildman–Crippen LogP) is 5.18. The first-order valence-electron chi connectivity index (χ1n) is 13.2. The van der Waals surface area contributed by atoms with Gasteiger partial charge in [-0.25, -0.2) is 15.0 Å². The molecule has 0 unspecified atom stereocenters. The van der Waals surface area contributed by atoms with Crippen molar-refractivity contribution in [3.05, 3.63) is 60.3 Å². The normalized spacial score (nSPS) is 11.1. The van der Waals surface area contributed by atoms with Gasteiger partial charge >= 0.3 is 0 Å². The molecule has 2 aromatic heterocycles. The van der Waals surface area contributed by atoms with Crippen molar-refractivity contribution in [3.8, 4) is 32.5 Å². The second kappa shape index (κ2) is 16.1. The molecule has 0 amide bonds. The molecule has 4 aromatic rings. The number of nitrogens with two attached hydrogens (primary N) is 2. The molecule has 218 valence electrons. The summed E-state index contributed by atoms with van der Waals surface area (Å²) < 4.78 is 27.8. The van der Waals surface area contributed by atoms with Gasteiger partial charge in [0.1, 0.15) is 23.3 Å². The topological polar surface area (TPSA) is 137 Å². The van der Waals surface area contributed by atoms with Crippen LogP contribution < -0.4 is 20.9 Å². The minimum Gasteiger partial charge on any atom is -0.490 e. The zero-order valence-corrected chi connectivity index (χ0v) is 24.8. The third kappa shape index (κ3) is 9.30. The zero-order valence-electron chi connectivity index (χ0n) is 23.2. The average Bonchev–Trinajstić information content (AvgIpc) is 3.40. The lowest BCUT2D eigenvalue weighted by molar-refractivity contribution is 0.0178. The van der Waals surface area contributed by atoms with Crippen molar-refractivity contribution in [2.45, 2.75) is 17.8 Å². The van der Waals surface area contributed by atoms with Crippen molar-refractivity contribution < 1.29 is 23.7 Å². The highest BCUT2D eigenvalue weighted by atomic mass is 32.2. The summed E-state index contributed by atoms with van der Waals surface area (Å²) in [7, 11) is 1.65. The van der Waals surface area contributed by atoms with Crippen LogP contribution in [0.25, 0.3) is 21.0 Å². The Morgan fingerprint density at radius 3 is 2.17 bits per heavy atom. The summed E-state index contributed by atoms with van der Waals surface area (Å²) in [6.45, 7) is 5.43. The van der Waals surface area contributed by atoms with Gasteiger partial charge in [0.2, 0.25) is 0 Å². The number of thiazole rings is 1. The molecule has 2 aromatic carbocycles. The van der Waals surface area contributed by atoms with E-state index in [2.05, 4.69) is 22.1 Å². The van der Waals surface area contributed by atoms with Gasteiger partial charge in [-0.2, -0.15) is 0 Å². The highest BCUT2D eigenvalue weighted by molar-refractivity contribution is 7.98. The molecule has 4 N–H and O–H groups in total. The molecule has 0 aliphatic rings.